The lowest BCUT2D eigenvalue weighted by Gasteiger charge is -2.16. The summed E-state index contributed by atoms with van der Waals surface area (Å²) in [6, 6.07) is 14.2. The highest BCUT2D eigenvalue weighted by molar-refractivity contribution is 5.94. The Bertz CT molecular complexity index is 689. The van der Waals surface area contributed by atoms with Crippen LogP contribution in [0.2, 0.25) is 0 Å². The van der Waals surface area contributed by atoms with Crippen LogP contribution >= 0.6 is 0 Å². The van der Waals surface area contributed by atoms with Crippen molar-refractivity contribution in [2.75, 3.05) is 0 Å². The van der Waals surface area contributed by atoms with E-state index in [-0.39, 0.29) is 11.9 Å². The van der Waals surface area contributed by atoms with Crippen LogP contribution in [-0.4, -0.2) is 5.91 Å². The zero-order valence-corrected chi connectivity index (χ0v) is 13.6. The predicted molar refractivity (Wildman–Crippen MR) is 93.3 cm³/mol. The number of fused-ring (bicyclic) bond motifs is 1. The van der Waals surface area contributed by atoms with Crippen LogP contribution < -0.4 is 11.1 Å². The normalized spacial score (nSPS) is 14.9. The van der Waals surface area contributed by atoms with E-state index in [1.807, 2.05) is 37.3 Å². The van der Waals surface area contributed by atoms with E-state index in [0.717, 1.165) is 29.5 Å². The van der Waals surface area contributed by atoms with Gasteiger partial charge in [-0.25, -0.2) is 0 Å². The van der Waals surface area contributed by atoms with Crippen molar-refractivity contribution in [1.82, 2.24) is 5.32 Å². The Labute approximate surface area is 137 Å². The number of nitrogens with two attached hydrogens (primary N) is 1. The van der Waals surface area contributed by atoms with E-state index in [1.54, 1.807) is 0 Å². The Morgan fingerprint density at radius 1 is 1.09 bits per heavy atom. The molecule has 0 heterocycles. The number of rotatable bonds is 4. The Morgan fingerprint density at radius 2 is 1.78 bits per heavy atom. The van der Waals surface area contributed by atoms with Crippen LogP contribution in [0.3, 0.4) is 0 Å². The lowest BCUT2D eigenvalue weighted by atomic mass is 9.90. The van der Waals surface area contributed by atoms with E-state index in [2.05, 4.69) is 17.4 Å². The van der Waals surface area contributed by atoms with Crippen LogP contribution in [0.1, 0.15) is 58.4 Å². The minimum Gasteiger partial charge on any atom is -0.348 e. The van der Waals surface area contributed by atoms with Crippen LogP contribution in [-0.2, 0) is 19.4 Å². The maximum absolute atomic E-state index is 12.3. The molecular weight excluding hydrogens is 284 g/mol. The molecule has 0 saturated heterocycles. The second-order valence-electron chi connectivity index (χ2n) is 6.40. The number of amides is 1. The lowest BCUT2D eigenvalue weighted by molar-refractivity contribution is 0.0951. The number of hydrogen-bond acceptors (Lipinski definition) is 2. The van der Waals surface area contributed by atoms with E-state index >= 15 is 0 Å². The van der Waals surface area contributed by atoms with Crippen molar-refractivity contribution in [3.8, 4) is 0 Å². The average Bonchev–Trinajstić information content (AvgIpc) is 2.59. The Kier molecular flexibility index (Phi) is 4.77. The number of hydrogen-bond donors (Lipinski definition) is 2. The van der Waals surface area contributed by atoms with Crippen LogP contribution in [0.15, 0.2) is 42.5 Å². The van der Waals surface area contributed by atoms with Gasteiger partial charge in [0, 0.05) is 18.2 Å². The molecule has 0 aromatic heterocycles. The summed E-state index contributed by atoms with van der Waals surface area (Å²) >= 11 is 0. The van der Waals surface area contributed by atoms with E-state index in [1.165, 1.54) is 24.0 Å². The largest absolute Gasteiger partial charge is 0.348 e. The zero-order chi connectivity index (χ0) is 16.2. The molecule has 3 nitrogen and oxygen atoms in total. The van der Waals surface area contributed by atoms with E-state index < -0.39 is 0 Å². The highest BCUT2D eigenvalue weighted by atomic mass is 16.1. The van der Waals surface area contributed by atoms with Crippen LogP contribution in [0.25, 0.3) is 0 Å². The molecule has 2 aromatic rings. The standard InChI is InChI=1S/C20H24N2O/c1-14(21)16-8-6-15(7-9-16)13-22-20(23)19-11-10-17-4-2-3-5-18(17)12-19/h6-12,14H,2-5,13,21H2,1H3,(H,22,23)/t14-/m0/s1. The van der Waals surface area contributed by atoms with Gasteiger partial charge < -0.3 is 11.1 Å². The van der Waals surface area contributed by atoms with Gasteiger partial charge >= 0.3 is 0 Å². The molecule has 2 aromatic carbocycles. The van der Waals surface area contributed by atoms with E-state index in [0.29, 0.717) is 6.54 Å². The fourth-order valence-corrected chi connectivity index (χ4v) is 3.10. The fourth-order valence-electron chi connectivity index (χ4n) is 3.10. The van der Waals surface area contributed by atoms with Crippen molar-refractivity contribution in [3.05, 3.63) is 70.3 Å². The summed E-state index contributed by atoms with van der Waals surface area (Å²) in [5.74, 6) is -0.00496. The molecule has 3 N–H and O–H groups in total. The summed E-state index contributed by atoms with van der Waals surface area (Å²) in [6.45, 7) is 2.50. The van der Waals surface area contributed by atoms with Crippen molar-refractivity contribution < 1.29 is 4.79 Å². The fraction of sp³-hybridized carbons (Fsp3) is 0.350. The van der Waals surface area contributed by atoms with Gasteiger partial charge in [-0.3, -0.25) is 4.79 Å². The second kappa shape index (κ2) is 6.97. The average molecular weight is 308 g/mol. The van der Waals surface area contributed by atoms with Crippen molar-refractivity contribution >= 4 is 5.91 Å². The van der Waals surface area contributed by atoms with Crippen molar-refractivity contribution in [2.45, 2.75) is 45.2 Å². The van der Waals surface area contributed by atoms with Gasteiger partial charge in [-0.1, -0.05) is 30.3 Å². The molecule has 120 valence electrons. The summed E-state index contributed by atoms with van der Waals surface area (Å²) in [7, 11) is 0. The van der Waals surface area contributed by atoms with Gasteiger partial charge in [-0.15, -0.1) is 0 Å². The van der Waals surface area contributed by atoms with Crippen LogP contribution in [0.5, 0.6) is 0 Å². The molecule has 0 bridgehead atoms. The molecule has 1 amide bonds. The predicted octanol–water partition coefficient (Wildman–Crippen LogP) is 3.52. The number of nitrogens with one attached hydrogen (secondary N) is 1. The van der Waals surface area contributed by atoms with Crippen molar-refractivity contribution in [1.29, 1.82) is 0 Å². The zero-order valence-electron chi connectivity index (χ0n) is 13.6. The number of carbonyl (C=O) groups excluding carboxylic acids is 1. The summed E-state index contributed by atoms with van der Waals surface area (Å²) in [5.41, 5.74) is 11.5. The van der Waals surface area contributed by atoms with Gasteiger partial charge in [0.05, 0.1) is 0 Å². The van der Waals surface area contributed by atoms with Gasteiger partial charge in [0.25, 0.3) is 5.91 Å². The highest BCUT2D eigenvalue weighted by Crippen LogP contribution is 2.22. The lowest BCUT2D eigenvalue weighted by Crippen LogP contribution is -2.23. The molecule has 1 aliphatic carbocycles. The van der Waals surface area contributed by atoms with E-state index in [9.17, 15) is 4.79 Å². The number of benzene rings is 2. The van der Waals surface area contributed by atoms with E-state index in [4.69, 9.17) is 5.73 Å². The van der Waals surface area contributed by atoms with Crippen LogP contribution in [0.4, 0.5) is 0 Å². The molecule has 0 radical (unpaired) electrons. The molecule has 1 atom stereocenters. The SMILES string of the molecule is C[C@H](N)c1ccc(CNC(=O)c2ccc3c(c2)CCCC3)cc1. The molecular formula is C20H24N2O. The molecule has 0 unspecified atom stereocenters. The Balaban J connectivity index is 1.63. The monoisotopic (exact) mass is 308 g/mol. The Hall–Kier alpha value is -2.13. The first-order valence-electron chi connectivity index (χ1n) is 8.38. The summed E-state index contributed by atoms with van der Waals surface area (Å²) in [5, 5.41) is 3.00. The molecule has 23 heavy (non-hydrogen) atoms. The third-order valence-corrected chi connectivity index (χ3v) is 4.57. The third-order valence-electron chi connectivity index (χ3n) is 4.57. The first-order valence-corrected chi connectivity index (χ1v) is 8.38. The Morgan fingerprint density at radius 3 is 2.48 bits per heavy atom. The topological polar surface area (TPSA) is 55.1 Å². The minimum atomic E-state index is -0.00496. The van der Waals surface area contributed by atoms with Crippen molar-refractivity contribution in [3.63, 3.8) is 0 Å². The molecule has 3 rings (SSSR count). The number of carbonyl (C=O) groups is 1. The minimum absolute atomic E-state index is 0.00496. The molecule has 0 spiro atoms. The summed E-state index contributed by atoms with van der Waals surface area (Å²) < 4.78 is 0. The highest BCUT2D eigenvalue weighted by Gasteiger charge is 2.12. The van der Waals surface area contributed by atoms with Crippen molar-refractivity contribution in [2.24, 2.45) is 5.73 Å². The molecule has 3 heteroatoms. The van der Waals surface area contributed by atoms with Gasteiger partial charge in [0.1, 0.15) is 0 Å². The second-order valence-corrected chi connectivity index (χ2v) is 6.40. The maximum Gasteiger partial charge on any atom is 0.251 e. The van der Waals surface area contributed by atoms with Gasteiger partial charge in [0.15, 0.2) is 0 Å². The first kappa shape index (κ1) is 15.8. The summed E-state index contributed by atoms with van der Waals surface area (Å²) in [6.07, 6.45) is 4.72. The smallest absolute Gasteiger partial charge is 0.251 e. The molecule has 0 saturated carbocycles. The maximum atomic E-state index is 12.3. The molecule has 0 aliphatic heterocycles. The van der Waals surface area contributed by atoms with Gasteiger partial charge in [0.2, 0.25) is 0 Å². The number of aryl methyl sites for hydroxylation is 2. The quantitative estimate of drug-likeness (QED) is 0.908. The van der Waals surface area contributed by atoms with Gasteiger partial charge in [-0.2, -0.15) is 0 Å². The third kappa shape index (κ3) is 3.80. The van der Waals surface area contributed by atoms with Gasteiger partial charge in [-0.05, 0) is 67.0 Å². The van der Waals surface area contributed by atoms with Crippen LogP contribution in [0, 0.1) is 0 Å². The first-order chi connectivity index (χ1) is 11.1. The summed E-state index contributed by atoms with van der Waals surface area (Å²) in [4.78, 5) is 12.3. The molecule has 1 aliphatic rings. The molecule has 0 fully saturated rings.